The minimum atomic E-state index is -3.67. The molecular formula is C25H26N4O5S. The maximum Gasteiger partial charge on any atom is 0.270 e. The lowest BCUT2D eigenvalue weighted by atomic mass is 10.1. The molecule has 1 N–H and O–H groups in total. The number of anilines is 1. The van der Waals surface area contributed by atoms with Crippen LogP contribution in [0.2, 0.25) is 0 Å². The molecule has 182 valence electrons. The van der Waals surface area contributed by atoms with E-state index in [0.717, 1.165) is 22.6 Å². The molecule has 0 saturated carbocycles. The minimum Gasteiger partial charge on any atom is -0.386 e. The Morgan fingerprint density at radius 3 is 2.37 bits per heavy atom. The standard InChI is InChI=1S/C25H26N4O5S/c1-19-6-9-22(10-7-19)27-24(30)17-26-34-18-25(31)28-12-14-29(15-13-28)35(32,33)23-11-8-20-4-2-3-5-21(20)16-23/h2-11,16-17H,12-15,18H2,1H3,(H,27,30). The molecule has 1 aliphatic heterocycles. The van der Waals surface area contributed by atoms with Gasteiger partial charge < -0.3 is 15.1 Å². The van der Waals surface area contributed by atoms with Crippen LogP contribution in [0, 0.1) is 6.92 Å². The molecule has 0 radical (unpaired) electrons. The summed E-state index contributed by atoms with van der Waals surface area (Å²) in [5, 5.41) is 8.01. The van der Waals surface area contributed by atoms with Gasteiger partial charge in [-0.1, -0.05) is 53.2 Å². The molecule has 0 aromatic heterocycles. The second-order valence-corrected chi connectivity index (χ2v) is 10.1. The van der Waals surface area contributed by atoms with Crippen molar-refractivity contribution < 1.29 is 22.8 Å². The third-order valence-corrected chi connectivity index (χ3v) is 7.60. The average molecular weight is 495 g/mol. The minimum absolute atomic E-state index is 0.184. The summed E-state index contributed by atoms with van der Waals surface area (Å²) in [5.74, 6) is -0.808. The zero-order valence-electron chi connectivity index (χ0n) is 19.3. The highest BCUT2D eigenvalue weighted by Gasteiger charge is 2.30. The SMILES string of the molecule is Cc1ccc(NC(=O)C=NOCC(=O)N2CCN(S(=O)(=O)c3ccc4ccccc4c3)CC2)cc1. The Hall–Kier alpha value is -3.76. The number of carbonyl (C=O) groups excluding carboxylic acids is 2. The second-order valence-electron chi connectivity index (χ2n) is 8.16. The van der Waals surface area contributed by atoms with Crippen LogP contribution in [0.1, 0.15) is 5.56 Å². The van der Waals surface area contributed by atoms with Gasteiger partial charge in [0.2, 0.25) is 10.0 Å². The van der Waals surface area contributed by atoms with Crippen molar-refractivity contribution in [2.24, 2.45) is 5.16 Å². The molecule has 9 nitrogen and oxygen atoms in total. The maximum absolute atomic E-state index is 13.1. The first kappa shape index (κ1) is 24.4. The van der Waals surface area contributed by atoms with Crippen molar-refractivity contribution in [1.29, 1.82) is 0 Å². The van der Waals surface area contributed by atoms with Gasteiger partial charge in [-0.25, -0.2) is 8.42 Å². The highest BCUT2D eigenvalue weighted by molar-refractivity contribution is 7.89. The number of oxime groups is 1. The van der Waals surface area contributed by atoms with E-state index in [9.17, 15) is 18.0 Å². The van der Waals surface area contributed by atoms with Crippen LogP contribution >= 0.6 is 0 Å². The molecule has 2 amide bonds. The van der Waals surface area contributed by atoms with E-state index in [4.69, 9.17) is 4.84 Å². The van der Waals surface area contributed by atoms with Gasteiger partial charge in [-0.05, 0) is 42.0 Å². The summed E-state index contributed by atoms with van der Waals surface area (Å²) in [6.07, 6.45) is 0.960. The van der Waals surface area contributed by atoms with Gasteiger partial charge in [-0.2, -0.15) is 4.31 Å². The van der Waals surface area contributed by atoms with Gasteiger partial charge in [0.15, 0.2) is 6.61 Å². The van der Waals surface area contributed by atoms with E-state index in [1.807, 2.05) is 43.3 Å². The van der Waals surface area contributed by atoms with Crippen molar-refractivity contribution in [3.8, 4) is 0 Å². The summed E-state index contributed by atoms with van der Waals surface area (Å²) in [5.41, 5.74) is 1.70. The van der Waals surface area contributed by atoms with E-state index >= 15 is 0 Å². The van der Waals surface area contributed by atoms with Crippen LogP contribution in [0.4, 0.5) is 5.69 Å². The fraction of sp³-hybridized carbons (Fsp3) is 0.240. The number of carbonyl (C=O) groups is 2. The first-order valence-electron chi connectivity index (χ1n) is 11.1. The molecule has 1 saturated heterocycles. The van der Waals surface area contributed by atoms with Gasteiger partial charge in [0.05, 0.1) is 4.90 Å². The van der Waals surface area contributed by atoms with Crippen molar-refractivity contribution in [1.82, 2.24) is 9.21 Å². The van der Waals surface area contributed by atoms with Crippen LogP contribution in [-0.2, 0) is 24.4 Å². The number of benzene rings is 3. The van der Waals surface area contributed by atoms with E-state index in [2.05, 4.69) is 10.5 Å². The molecule has 3 aromatic carbocycles. The number of nitrogens with one attached hydrogen (secondary N) is 1. The quantitative estimate of drug-likeness (QED) is 0.401. The number of sulfonamides is 1. The third-order valence-electron chi connectivity index (χ3n) is 5.70. The van der Waals surface area contributed by atoms with Crippen molar-refractivity contribution in [2.45, 2.75) is 11.8 Å². The van der Waals surface area contributed by atoms with E-state index in [-0.39, 0.29) is 43.6 Å². The van der Waals surface area contributed by atoms with E-state index in [1.54, 1.807) is 30.3 Å². The topological polar surface area (TPSA) is 108 Å². The summed E-state index contributed by atoms with van der Waals surface area (Å²) in [6.45, 7) is 2.46. The smallest absolute Gasteiger partial charge is 0.270 e. The number of hydrogen-bond donors (Lipinski definition) is 1. The first-order valence-corrected chi connectivity index (χ1v) is 12.6. The Morgan fingerprint density at radius 2 is 1.66 bits per heavy atom. The van der Waals surface area contributed by atoms with Gasteiger partial charge in [0, 0.05) is 31.9 Å². The Labute approximate surface area is 204 Å². The van der Waals surface area contributed by atoms with E-state index < -0.39 is 15.9 Å². The van der Waals surface area contributed by atoms with Gasteiger partial charge in [0.1, 0.15) is 6.21 Å². The lowest BCUT2D eigenvalue weighted by Gasteiger charge is -2.33. The molecule has 10 heteroatoms. The summed E-state index contributed by atoms with van der Waals surface area (Å²) in [7, 11) is -3.67. The molecular weight excluding hydrogens is 468 g/mol. The zero-order valence-corrected chi connectivity index (χ0v) is 20.1. The second kappa shape index (κ2) is 10.7. The van der Waals surface area contributed by atoms with Crippen LogP contribution in [0.15, 0.2) is 76.8 Å². The van der Waals surface area contributed by atoms with Crippen molar-refractivity contribution in [2.75, 3.05) is 38.1 Å². The molecule has 1 fully saturated rings. The first-order chi connectivity index (χ1) is 16.8. The van der Waals surface area contributed by atoms with Crippen LogP contribution in [0.5, 0.6) is 0 Å². The molecule has 35 heavy (non-hydrogen) atoms. The lowest BCUT2D eigenvalue weighted by molar-refractivity contribution is -0.137. The van der Waals surface area contributed by atoms with E-state index in [1.165, 1.54) is 9.21 Å². The highest BCUT2D eigenvalue weighted by atomic mass is 32.2. The number of rotatable bonds is 7. The van der Waals surface area contributed by atoms with Gasteiger partial charge >= 0.3 is 0 Å². The summed E-state index contributed by atoms with van der Waals surface area (Å²) >= 11 is 0. The van der Waals surface area contributed by atoms with Crippen LogP contribution in [-0.4, -0.2) is 68.4 Å². The molecule has 0 unspecified atom stereocenters. The molecule has 0 aliphatic carbocycles. The Balaban J connectivity index is 1.24. The average Bonchev–Trinajstić information content (AvgIpc) is 2.87. The van der Waals surface area contributed by atoms with Crippen LogP contribution in [0.3, 0.4) is 0 Å². The molecule has 1 heterocycles. The fourth-order valence-corrected chi connectivity index (χ4v) is 5.19. The number of fused-ring (bicyclic) bond motifs is 1. The number of amides is 2. The van der Waals surface area contributed by atoms with Gasteiger partial charge in [0.25, 0.3) is 11.8 Å². The zero-order chi connectivity index (χ0) is 24.8. The maximum atomic E-state index is 13.1. The molecule has 1 aliphatic rings. The fourth-order valence-electron chi connectivity index (χ4n) is 3.74. The number of nitrogens with zero attached hydrogens (tertiary/aromatic N) is 3. The summed E-state index contributed by atoms with van der Waals surface area (Å²) < 4.78 is 27.5. The van der Waals surface area contributed by atoms with E-state index in [0.29, 0.717) is 5.69 Å². The summed E-state index contributed by atoms with van der Waals surface area (Å²) in [4.78, 5) is 31.0. The van der Waals surface area contributed by atoms with Crippen molar-refractivity contribution in [3.05, 3.63) is 72.3 Å². The number of hydrogen-bond acceptors (Lipinski definition) is 6. The van der Waals surface area contributed by atoms with Gasteiger partial charge in [-0.3, -0.25) is 9.59 Å². The predicted molar refractivity (Wildman–Crippen MR) is 134 cm³/mol. The molecule has 0 bridgehead atoms. The Kier molecular flexibility index (Phi) is 7.42. The number of aryl methyl sites for hydroxylation is 1. The number of piperazine rings is 1. The van der Waals surface area contributed by atoms with Crippen LogP contribution < -0.4 is 5.32 Å². The Bertz CT molecular complexity index is 1350. The van der Waals surface area contributed by atoms with Crippen molar-refractivity contribution in [3.63, 3.8) is 0 Å². The molecule has 4 rings (SSSR count). The van der Waals surface area contributed by atoms with Gasteiger partial charge in [-0.15, -0.1) is 0 Å². The monoisotopic (exact) mass is 494 g/mol. The predicted octanol–water partition coefficient (Wildman–Crippen LogP) is 2.62. The molecule has 3 aromatic rings. The lowest BCUT2D eigenvalue weighted by Crippen LogP contribution is -2.51. The Morgan fingerprint density at radius 1 is 0.971 bits per heavy atom. The van der Waals surface area contributed by atoms with Crippen molar-refractivity contribution >= 4 is 44.5 Å². The molecule has 0 spiro atoms. The highest BCUT2D eigenvalue weighted by Crippen LogP contribution is 2.23. The largest absolute Gasteiger partial charge is 0.386 e. The van der Waals surface area contributed by atoms with Crippen LogP contribution in [0.25, 0.3) is 10.8 Å². The normalized spacial score (nSPS) is 14.8. The third kappa shape index (κ3) is 6.03. The summed E-state index contributed by atoms with van der Waals surface area (Å²) in [6, 6.07) is 19.9. The molecule has 0 atom stereocenters.